The van der Waals surface area contributed by atoms with Crippen molar-refractivity contribution < 1.29 is 0 Å². The first-order valence-electron chi connectivity index (χ1n) is 6.80. The molecular weight excluding hydrogens is 260 g/mol. The van der Waals surface area contributed by atoms with Gasteiger partial charge in [-0.2, -0.15) is 4.98 Å². The van der Waals surface area contributed by atoms with Gasteiger partial charge in [-0.05, 0) is 43.2 Å². The molecule has 0 aliphatic heterocycles. The molecule has 0 unspecified atom stereocenters. The maximum absolute atomic E-state index is 5.94. The summed E-state index contributed by atoms with van der Waals surface area (Å²) in [6.45, 7) is 4.68. The molecule has 0 atom stereocenters. The van der Waals surface area contributed by atoms with Gasteiger partial charge in [0.2, 0.25) is 5.95 Å². The summed E-state index contributed by atoms with van der Waals surface area (Å²) in [5.74, 6) is 0.701. The molecule has 2 aromatic rings. The zero-order valence-corrected chi connectivity index (χ0v) is 12.1. The molecule has 3 rings (SSSR count). The molecule has 0 saturated heterocycles. The van der Waals surface area contributed by atoms with E-state index in [4.69, 9.17) is 11.6 Å². The van der Waals surface area contributed by atoms with Gasteiger partial charge in [0.05, 0.1) is 5.02 Å². The number of halogens is 1. The molecule has 0 spiro atoms. The minimum Gasteiger partial charge on any atom is -0.350 e. The van der Waals surface area contributed by atoms with Crippen LogP contribution in [-0.4, -0.2) is 20.6 Å². The quantitative estimate of drug-likeness (QED) is 0.909. The van der Waals surface area contributed by atoms with Crippen LogP contribution in [0.5, 0.6) is 0 Å². The van der Waals surface area contributed by atoms with E-state index in [9.17, 15) is 0 Å². The molecule has 102 valence electrons. The Kier molecular flexibility index (Phi) is 3.13. The van der Waals surface area contributed by atoms with Crippen molar-refractivity contribution in [3.05, 3.63) is 23.4 Å². The molecule has 1 saturated carbocycles. The van der Waals surface area contributed by atoms with Crippen LogP contribution in [-0.2, 0) is 0 Å². The van der Waals surface area contributed by atoms with Gasteiger partial charge in [-0.3, -0.25) is 0 Å². The SMILES string of the molecule is CC1(C)CCC(Nc2nc3ccc(Cl)cn3n2)CC1. The minimum atomic E-state index is 0.484. The number of nitrogens with zero attached hydrogens (tertiary/aromatic N) is 3. The third-order valence-corrected chi connectivity index (χ3v) is 4.19. The van der Waals surface area contributed by atoms with Crippen LogP contribution in [0.4, 0.5) is 5.95 Å². The number of hydrogen-bond acceptors (Lipinski definition) is 3. The predicted octanol–water partition coefficient (Wildman–Crippen LogP) is 3.76. The number of rotatable bonds is 2. The van der Waals surface area contributed by atoms with Gasteiger partial charge in [-0.15, -0.1) is 5.10 Å². The molecule has 1 aliphatic carbocycles. The summed E-state index contributed by atoms with van der Waals surface area (Å²) >= 11 is 5.94. The maximum Gasteiger partial charge on any atom is 0.243 e. The van der Waals surface area contributed by atoms with Gasteiger partial charge < -0.3 is 5.32 Å². The fourth-order valence-corrected chi connectivity index (χ4v) is 2.80. The molecule has 19 heavy (non-hydrogen) atoms. The number of hydrogen-bond donors (Lipinski definition) is 1. The van der Waals surface area contributed by atoms with Crippen molar-refractivity contribution in [2.24, 2.45) is 5.41 Å². The summed E-state index contributed by atoms with van der Waals surface area (Å²) in [7, 11) is 0. The normalized spacial score (nSPS) is 19.7. The van der Waals surface area contributed by atoms with E-state index in [0.29, 0.717) is 22.4 Å². The Balaban J connectivity index is 1.72. The molecule has 1 N–H and O–H groups in total. The van der Waals surface area contributed by atoms with Gasteiger partial charge in [0.1, 0.15) is 0 Å². The minimum absolute atomic E-state index is 0.484. The third kappa shape index (κ3) is 2.84. The second-order valence-electron chi connectivity index (χ2n) is 6.17. The lowest BCUT2D eigenvalue weighted by atomic mass is 9.76. The molecule has 0 radical (unpaired) electrons. The zero-order chi connectivity index (χ0) is 13.5. The number of nitrogens with one attached hydrogen (secondary N) is 1. The van der Waals surface area contributed by atoms with Crippen molar-refractivity contribution in [3.8, 4) is 0 Å². The molecule has 2 heterocycles. The van der Waals surface area contributed by atoms with E-state index < -0.39 is 0 Å². The zero-order valence-electron chi connectivity index (χ0n) is 11.4. The lowest BCUT2D eigenvalue weighted by Crippen LogP contribution is -2.30. The Hall–Kier alpha value is -1.29. The van der Waals surface area contributed by atoms with Crippen LogP contribution >= 0.6 is 11.6 Å². The Morgan fingerprint density at radius 2 is 2.05 bits per heavy atom. The van der Waals surface area contributed by atoms with Crippen LogP contribution in [0.3, 0.4) is 0 Å². The van der Waals surface area contributed by atoms with Crippen LogP contribution in [0, 0.1) is 5.41 Å². The van der Waals surface area contributed by atoms with Crippen molar-refractivity contribution in [1.29, 1.82) is 0 Å². The van der Waals surface area contributed by atoms with Gasteiger partial charge >= 0.3 is 0 Å². The first-order chi connectivity index (χ1) is 9.02. The maximum atomic E-state index is 5.94. The summed E-state index contributed by atoms with van der Waals surface area (Å²) < 4.78 is 1.72. The van der Waals surface area contributed by atoms with E-state index in [-0.39, 0.29) is 0 Å². The van der Waals surface area contributed by atoms with Crippen molar-refractivity contribution in [1.82, 2.24) is 14.6 Å². The van der Waals surface area contributed by atoms with Crippen LogP contribution < -0.4 is 5.32 Å². The number of pyridine rings is 1. The van der Waals surface area contributed by atoms with Crippen molar-refractivity contribution in [2.75, 3.05) is 5.32 Å². The number of aromatic nitrogens is 3. The summed E-state index contributed by atoms with van der Waals surface area (Å²) in [6, 6.07) is 4.20. The first-order valence-corrected chi connectivity index (χ1v) is 7.18. The van der Waals surface area contributed by atoms with Gasteiger partial charge in [0.15, 0.2) is 5.65 Å². The van der Waals surface area contributed by atoms with Crippen LogP contribution in [0.25, 0.3) is 5.65 Å². The summed E-state index contributed by atoms with van der Waals surface area (Å²) in [5, 5.41) is 8.53. The summed E-state index contributed by atoms with van der Waals surface area (Å²) in [4.78, 5) is 4.47. The highest BCUT2D eigenvalue weighted by atomic mass is 35.5. The standard InChI is InChI=1S/C14H19ClN4/c1-14(2)7-5-11(6-8-14)16-13-17-12-4-3-10(15)9-19(12)18-13/h3-4,9,11H,5-8H2,1-2H3,(H,16,18). The second-order valence-corrected chi connectivity index (χ2v) is 6.60. The average Bonchev–Trinajstić information content (AvgIpc) is 2.73. The highest BCUT2D eigenvalue weighted by Gasteiger charge is 2.27. The highest BCUT2D eigenvalue weighted by Crippen LogP contribution is 2.35. The fourth-order valence-electron chi connectivity index (χ4n) is 2.65. The molecule has 1 aliphatic rings. The van der Waals surface area contributed by atoms with Gasteiger partial charge in [0, 0.05) is 12.2 Å². The van der Waals surface area contributed by atoms with E-state index in [2.05, 4.69) is 29.2 Å². The van der Waals surface area contributed by atoms with Crippen molar-refractivity contribution in [2.45, 2.75) is 45.6 Å². The summed E-state index contributed by atoms with van der Waals surface area (Å²) in [5.41, 5.74) is 1.31. The van der Waals surface area contributed by atoms with E-state index >= 15 is 0 Å². The smallest absolute Gasteiger partial charge is 0.243 e. The van der Waals surface area contributed by atoms with Gasteiger partial charge in [-0.1, -0.05) is 25.4 Å². The lowest BCUT2D eigenvalue weighted by Gasteiger charge is -2.34. The molecule has 5 heteroatoms. The van der Waals surface area contributed by atoms with Crippen LogP contribution in [0.2, 0.25) is 5.02 Å². The van der Waals surface area contributed by atoms with Gasteiger partial charge in [0.25, 0.3) is 0 Å². The fraction of sp³-hybridized carbons (Fsp3) is 0.571. The van der Waals surface area contributed by atoms with E-state index in [1.807, 2.05) is 12.1 Å². The predicted molar refractivity (Wildman–Crippen MR) is 77.7 cm³/mol. The van der Waals surface area contributed by atoms with Crippen molar-refractivity contribution in [3.63, 3.8) is 0 Å². The molecular formula is C14H19ClN4. The first kappa shape index (κ1) is 12.7. The molecule has 0 bridgehead atoms. The summed E-state index contributed by atoms with van der Waals surface area (Å²) in [6.07, 6.45) is 6.65. The lowest BCUT2D eigenvalue weighted by molar-refractivity contribution is 0.232. The number of fused-ring (bicyclic) bond motifs is 1. The van der Waals surface area contributed by atoms with Crippen LogP contribution in [0.1, 0.15) is 39.5 Å². The Morgan fingerprint density at radius 3 is 2.79 bits per heavy atom. The van der Waals surface area contributed by atoms with Gasteiger partial charge in [-0.25, -0.2) is 4.52 Å². The van der Waals surface area contributed by atoms with E-state index in [0.717, 1.165) is 5.65 Å². The monoisotopic (exact) mass is 278 g/mol. The Bertz CT molecular complexity index is 580. The molecule has 0 amide bonds. The molecule has 4 nitrogen and oxygen atoms in total. The van der Waals surface area contributed by atoms with Crippen molar-refractivity contribution >= 4 is 23.2 Å². The molecule has 0 aromatic carbocycles. The van der Waals surface area contributed by atoms with E-state index in [1.54, 1.807) is 10.7 Å². The molecule has 2 aromatic heterocycles. The second kappa shape index (κ2) is 4.67. The largest absolute Gasteiger partial charge is 0.350 e. The molecule has 1 fully saturated rings. The third-order valence-electron chi connectivity index (χ3n) is 3.97. The topological polar surface area (TPSA) is 42.2 Å². The van der Waals surface area contributed by atoms with E-state index in [1.165, 1.54) is 25.7 Å². The van der Waals surface area contributed by atoms with Crippen LogP contribution in [0.15, 0.2) is 18.3 Å². The highest BCUT2D eigenvalue weighted by molar-refractivity contribution is 6.30. The average molecular weight is 279 g/mol. The Labute approximate surface area is 118 Å². The number of anilines is 1. The Morgan fingerprint density at radius 1 is 1.32 bits per heavy atom.